The number of nitrogens with zero attached hydrogens (tertiary/aromatic N) is 4. The maximum atomic E-state index is 11.0. The fourth-order valence-electron chi connectivity index (χ4n) is 3.79. The van der Waals surface area contributed by atoms with Crippen LogP contribution in [0.5, 0.6) is 5.88 Å². The number of halogens is 1. The van der Waals surface area contributed by atoms with Crippen LogP contribution in [0.25, 0.3) is 16.5 Å². The maximum absolute atomic E-state index is 11.0. The Morgan fingerprint density at radius 3 is 2.57 bits per heavy atom. The molecule has 0 radical (unpaired) electrons. The second kappa shape index (κ2) is 7.35. The zero-order valence-corrected chi connectivity index (χ0v) is 17.5. The summed E-state index contributed by atoms with van der Waals surface area (Å²) in [6.07, 6.45) is 5.21. The van der Waals surface area contributed by atoms with Crippen molar-refractivity contribution >= 4 is 32.2 Å². The lowest BCUT2D eigenvalue weighted by atomic mass is 10.0. The van der Waals surface area contributed by atoms with Crippen LogP contribution in [0, 0.1) is 0 Å². The SMILES string of the molecule is Oc1c([C@H](c2ccc(Br)cc2)N2CCCCC2)sc2nc(-c3ccco3)nn12. The summed E-state index contributed by atoms with van der Waals surface area (Å²) < 4.78 is 7.95. The number of rotatable bonds is 4. The standard InChI is InChI=1S/C20H19BrN4O2S/c21-14-8-6-13(7-9-14)16(24-10-2-1-3-11-24)17-19(26)25-20(28-17)22-18(23-25)15-5-4-12-27-15/h4-9,12,16,26H,1-3,10-11H2/t16-/m0/s1. The Hall–Kier alpha value is -2.16. The molecule has 4 heterocycles. The number of fused-ring (bicyclic) bond motifs is 1. The Kier molecular flexibility index (Phi) is 4.70. The zero-order chi connectivity index (χ0) is 19.1. The van der Waals surface area contributed by atoms with Gasteiger partial charge in [0.25, 0.3) is 0 Å². The fourth-order valence-corrected chi connectivity index (χ4v) is 5.17. The summed E-state index contributed by atoms with van der Waals surface area (Å²) in [5.74, 6) is 1.23. The van der Waals surface area contributed by atoms with Gasteiger partial charge in [-0.05, 0) is 55.8 Å². The molecule has 8 heteroatoms. The number of benzene rings is 1. The number of piperidine rings is 1. The van der Waals surface area contributed by atoms with Crippen molar-refractivity contribution < 1.29 is 9.52 Å². The highest BCUT2D eigenvalue weighted by atomic mass is 79.9. The molecule has 0 amide bonds. The lowest BCUT2D eigenvalue weighted by molar-refractivity contribution is 0.186. The summed E-state index contributed by atoms with van der Waals surface area (Å²) in [5, 5.41) is 15.5. The second-order valence-corrected chi connectivity index (χ2v) is 8.87. The Morgan fingerprint density at radius 2 is 1.89 bits per heavy atom. The topological polar surface area (TPSA) is 66.8 Å². The molecule has 1 fully saturated rings. The lowest BCUT2D eigenvalue weighted by Crippen LogP contribution is -2.34. The number of likely N-dealkylation sites (tertiary alicyclic amines) is 1. The van der Waals surface area contributed by atoms with Gasteiger partial charge >= 0.3 is 0 Å². The third kappa shape index (κ3) is 3.15. The first kappa shape index (κ1) is 17.9. The Bertz CT molecular complexity index is 1080. The van der Waals surface area contributed by atoms with Gasteiger partial charge in [-0.3, -0.25) is 4.90 Å². The van der Waals surface area contributed by atoms with E-state index >= 15 is 0 Å². The highest BCUT2D eigenvalue weighted by Crippen LogP contribution is 2.41. The molecule has 3 aromatic heterocycles. The van der Waals surface area contributed by atoms with Crippen LogP contribution in [0.3, 0.4) is 0 Å². The van der Waals surface area contributed by atoms with E-state index in [0.717, 1.165) is 28.0 Å². The molecule has 1 aromatic carbocycles. The van der Waals surface area contributed by atoms with Crippen molar-refractivity contribution in [2.45, 2.75) is 25.3 Å². The van der Waals surface area contributed by atoms with Gasteiger partial charge in [0.15, 0.2) is 5.76 Å². The molecular formula is C20H19BrN4O2S. The van der Waals surface area contributed by atoms with Gasteiger partial charge in [-0.1, -0.05) is 45.8 Å². The van der Waals surface area contributed by atoms with Gasteiger partial charge < -0.3 is 9.52 Å². The molecule has 1 N–H and O–H groups in total. The van der Waals surface area contributed by atoms with E-state index in [0.29, 0.717) is 16.5 Å². The van der Waals surface area contributed by atoms with Gasteiger partial charge in [-0.2, -0.15) is 9.50 Å². The van der Waals surface area contributed by atoms with Crippen LogP contribution < -0.4 is 0 Å². The van der Waals surface area contributed by atoms with Crippen LogP contribution in [0.1, 0.15) is 35.7 Å². The average molecular weight is 459 g/mol. The molecule has 1 saturated heterocycles. The van der Waals surface area contributed by atoms with Crippen molar-refractivity contribution in [3.05, 3.63) is 57.6 Å². The van der Waals surface area contributed by atoms with Crippen molar-refractivity contribution in [1.82, 2.24) is 19.5 Å². The van der Waals surface area contributed by atoms with Crippen molar-refractivity contribution in [1.29, 1.82) is 0 Å². The van der Waals surface area contributed by atoms with Crippen molar-refractivity contribution in [2.75, 3.05) is 13.1 Å². The summed E-state index contributed by atoms with van der Waals surface area (Å²) in [7, 11) is 0. The van der Waals surface area contributed by atoms with E-state index in [1.807, 2.05) is 6.07 Å². The zero-order valence-electron chi connectivity index (χ0n) is 15.1. The van der Waals surface area contributed by atoms with Gasteiger partial charge in [0.05, 0.1) is 17.2 Å². The number of aromatic hydroxyl groups is 1. The predicted octanol–water partition coefficient (Wildman–Crippen LogP) is 5.09. The average Bonchev–Trinajstić information content (AvgIpc) is 3.43. The molecule has 0 spiro atoms. The lowest BCUT2D eigenvalue weighted by Gasteiger charge is -2.34. The third-order valence-electron chi connectivity index (χ3n) is 5.13. The van der Waals surface area contributed by atoms with Crippen molar-refractivity contribution in [3.63, 3.8) is 0 Å². The molecular weight excluding hydrogens is 440 g/mol. The second-order valence-electron chi connectivity index (χ2n) is 6.95. The Balaban J connectivity index is 1.59. The summed E-state index contributed by atoms with van der Waals surface area (Å²) in [4.78, 5) is 8.56. The van der Waals surface area contributed by atoms with Gasteiger partial charge in [-0.25, -0.2) is 0 Å². The minimum Gasteiger partial charge on any atom is -0.492 e. The van der Waals surface area contributed by atoms with E-state index in [-0.39, 0.29) is 11.9 Å². The molecule has 5 rings (SSSR count). The fraction of sp³-hybridized carbons (Fsp3) is 0.300. The van der Waals surface area contributed by atoms with Gasteiger partial charge in [0, 0.05) is 4.47 Å². The van der Waals surface area contributed by atoms with Crippen LogP contribution in [0.15, 0.2) is 51.6 Å². The van der Waals surface area contributed by atoms with E-state index in [9.17, 15) is 5.11 Å². The number of thiazole rings is 1. The molecule has 4 aromatic rings. The van der Waals surface area contributed by atoms with Crippen LogP contribution in [-0.4, -0.2) is 37.7 Å². The summed E-state index contributed by atoms with van der Waals surface area (Å²) in [5.41, 5.74) is 1.16. The minimum atomic E-state index is -0.00559. The van der Waals surface area contributed by atoms with E-state index in [2.05, 4.69) is 55.2 Å². The predicted molar refractivity (Wildman–Crippen MR) is 112 cm³/mol. The molecule has 1 aliphatic rings. The quantitative estimate of drug-likeness (QED) is 0.460. The van der Waals surface area contributed by atoms with E-state index in [4.69, 9.17) is 4.42 Å². The van der Waals surface area contributed by atoms with Crippen LogP contribution >= 0.6 is 27.3 Å². The Labute approximate surface area is 174 Å². The molecule has 0 saturated carbocycles. The highest BCUT2D eigenvalue weighted by molar-refractivity contribution is 9.10. The van der Waals surface area contributed by atoms with Crippen LogP contribution in [0.4, 0.5) is 0 Å². The van der Waals surface area contributed by atoms with E-state index < -0.39 is 0 Å². The molecule has 0 unspecified atom stereocenters. The van der Waals surface area contributed by atoms with Gasteiger partial charge in [0.1, 0.15) is 0 Å². The Morgan fingerprint density at radius 1 is 1.11 bits per heavy atom. The van der Waals surface area contributed by atoms with Gasteiger partial charge in [0.2, 0.25) is 16.7 Å². The number of hydrogen-bond donors (Lipinski definition) is 1. The molecule has 6 nitrogen and oxygen atoms in total. The van der Waals surface area contributed by atoms with Crippen LogP contribution in [0.2, 0.25) is 0 Å². The molecule has 144 valence electrons. The summed E-state index contributed by atoms with van der Waals surface area (Å²) in [6.45, 7) is 2.04. The number of hydrogen-bond acceptors (Lipinski definition) is 6. The monoisotopic (exact) mass is 458 g/mol. The molecule has 1 aliphatic heterocycles. The maximum Gasteiger partial charge on any atom is 0.230 e. The summed E-state index contributed by atoms with van der Waals surface area (Å²) in [6, 6.07) is 11.9. The van der Waals surface area contributed by atoms with Crippen LogP contribution in [-0.2, 0) is 0 Å². The van der Waals surface area contributed by atoms with Gasteiger partial charge in [-0.15, -0.1) is 5.10 Å². The number of aromatic nitrogens is 3. The normalized spacial score (nSPS) is 16.6. The first-order valence-electron chi connectivity index (χ1n) is 9.32. The first-order chi connectivity index (χ1) is 13.7. The molecule has 1 atom stereocenters. The summed E-state index contributed by atoms with van der Waals surface area (Å²) >= 11 is 5.00. The molecule has 0 bridgehead atoms. The van der Waals surface area contributed by atoms with Crippen molar-refractivity contribution in [2.24, 2.45) is 0 Å². The minimum absolute atomic E-state index is 0.00559. The van der Waals surface area contributed by atoms with Crippen molar-refractivity contribution in [3.8, 4) is 17.5 Å². The molecule has 0 aliphatic carbocycles. The smallest absolute Gasteiger partial charge is 0.230 e. The van der Waals surface area contributed by atoms with E-state index in [1.165, 1.54) is 35.1 Å². The largest absolute Gasteiger partial charge is 0.492 e. The molecule has 28 heavy (non-hydrogen) atoms. The number of furan rings is 1. The first-order valence-corrected chi connectivity index (χ1v) is 10.9. The third-order valence-corrected chi connectivity index (χ3v) is 6.73. The van der Waals surface area contributed by atoms with E-state index in [1.54, 1.807) is 12.3 Å². The highest BCUT2D eigenvalue weighted by Gasteiger charge is 2.30.